The second-order valence-corrected chi connectivity index (χ2v) is 8.33. The zero-order chi connectivity index (χ0) is 19.2. The van der Waals surface area contributed by atoms with Crippen molar-refractivity contribution >= 4 is 21.6 Å². The van der Waals surface area contributed by atoms with Crippen molar-refractivity contribution in [2.24, 2.45) is 0 Å². The summed E-state index contributed by atoms with van der Waals surface area (Å²) in [6, 6.07) is 7.01. The maximum absolute atomic E-state index is 12.4. The summed E-state index contributed by atoms with van der Waals surface area (Å²) >= 11 is 0. The van der Waals surface area contributed by atoms with Crippen LogP contribution in [0, 0.1) is 0 Å². The first-order chi connectivity index (χ1) is 12.4. The number of nitrogens with zero attached hydrogens (tertiary/aromatic N) is 3. The fourth-order valence-electron chi connectivity index (χ4n) is 3.15. The molecule has 146 valence electrons. The molecule has 26 heavy (non-hydrogen) atoms. The molecular formula is C18H29N3O4S. The van der Waals surface area contributed by atoms with Gasteiger partial charge >= 0.3 is 0 Å². The average molecular weight is 384 g/mol. The molecule has 0 unspecified atom stereocenters. The van der Waals surface area contributed by atoms with Crippen LogP contribution < -0.4 is 9.04 Å². The number of anilines is 1. The van der Waals surface area contributed by atoms with Crippen molar-refractivity contribution in [1.29, 1.82) is 0 Å². The van der Waals surface area contributed by atoms with E-state index >= 15 is 0 Å². The monoisotopic (exact) mass is 383 g/mol. The molecule has 0 aromatic heterocycles. The number of hydrogen-bond donors (Lipinski definition) is 0. The van der Waals surface area contributed by atoms with Crippen molar-refractivity contribution in [1.82, 2.24) is 9.80 Å². The number of carbonyl (C=O) groups is 1. The van der Waals surface area contributed by atoms with Crippen LogP contribution in [0.2, 0.25) is 0 Å². The van der Waals surface area contributed by atoms with Gasteiger partial charge in [-0.3, -0.25) is 9.10 Å². The minimum Gasteiger partial charge on any atom is -0.495 e. The maximum atomic E-state index is 12.4. The molecule has 1 aromatic carbocycles. The van der Waals surface area contributed by atoms with Crippen LogP contribution in [0.3, 0.4) is 0 Å². The number of rotatable bonds is 8. The molecule has 7 nitrogen and oxygen atoms in total. The largest absolute Gasteiger partial charge is 0.495 e. The van der Waals surface area contributed by atoms with Gasteiger partial charge in [0.25, 0.3) is 0 Å². The molecule has 1 aliphatic rings. The minimum absolute atomic E-state index is 0.0919. The minimum atomic E-state index is -3.46. The van der Waals surface area contributed by atoms with Gasteiger partial charge in [0.2, 0.25) is 15.9 Å². The van der Waals surface area contributed by atoms with E-state index < -0.39 is 10.0 Å². The molecule has 0 bridgehead atoms. The molecule has 0 saturated carbocycles. The van der Waals surface area contributed by atoms with Gasteiger partial charge in [-0.15, -0.1) is 0 Å². The standard InChI is InChI=1S/C18H29N3O4S/c1-4-19-12-14-20(15-13-19)18(22)10-7-11-21(26(3,23)24)16-8-5-6-9-17(16)25-2/h5-6,8-9H,4,7,10-15H2,1-3H3. The lowest BCUT2D eigenvalue weighted by molar-refractivity contribution is -0.132. The highest BCUT2D eigenvalue weighted by molar-refractivity contribution is 7.92. The van der Waals surface area contributed by atoms with E-state index in [0.717, 1.165) is 32.7 Å². The van der Waals surface area contributed by atoms with E-state index in [9.17, 15) is 13.2 Å². The number of sulfonamides is 1. The van der Waals surface area contributed by atoms with Crippen LogP contribution >= 0.6 is 0 Å². The average Bonchev–Trinajstić information content (AvgIpc) is 2.64. The summed E-state index contributed by atoms with van der Waals surface area (Å²) in [5.41, 5.74) is 0.501. The summed E-state index contributed by atoms with van der Waals surface area (Å²) in [6.45, 7) is 6.67. The summed E-state index contributed by atoms with van der Waals surface area (Å²) in [4.78, 5) is 16.6. The molecule has 0 spiro atoms. The van der Waals surface area contributed by atoms with Gasteiger partial charge in [0.15, 0.2) is 0 Å². The Morgan fingerprint density at radius 3 is 2.42 bits per heavy atom. The van der Waals surface area contributed by atoms with Crippen LogP contribution in [0.1, 0.15) is 19.8 Å². The van der Waals surface area contributed by atoms with Crippen molar-refractivity contribution in [3.63, 3.8) is 0 Å². The number of carbonyl (C=O) groups excluding carboxylic acids is 1. The number of amides is 1. The van der Waals surface area contributed by atoms with Crippen molar-refractivity contribution in [2.45, 2.75) is 19.8 Å². The van der Waals surface area contributed by atoms with E-state index in [2.05, 4.69) is 11.8 Å². The van der Waals surface area contributed by atoms with Gasteiger partial charge in [0.05, 0.1) is 19.1 Å². The van der Waals surface area contributed by atoms with E-state index in [-0.39, 0.29) is 12.5 Å². The molecule has 1 fully saturated rings. The fraction of sp³-hybridized carbons (Fsp3) is 0.611. The Balaban J connectivity index is 1.95. The van der Waals surface area contributed by atoms with Gasteiger partial charge in [0, 0.05) is 39.1 Å². The summed E-state index contributed by atoms with van der Waals surface area (Å²) in [6.07, 6.45) is 1.98. The Kier molecular flexibility index (Phi) is 7.28. The molecule has 0 atom stereocenters. The van der Waals surface area contributed by atoms with Gasteiger partial charge in [-0.25, -0.2) is 8.42 Å². The van der Waals surface area contributed by atoms with Gasteiger partial charge in [0.1, 0.15) is 5.75 Å². The lowest BCUT2D eigenvalue weighted by Gasteiger charge is -2.34. The third-order valence-electron chi connectivity index (χ3n) is 4.68. The number of benzene rings is 1. The lowest BCUT2D eigenvalue weighted by atomic mass is 10.2. The highest BCUT2D eigenvalue weighted by Crippen LogP contribution is 2.29. The summed E-state index contributed by atoms with van der Waals surface area (Å²) in [7, 11) is -1.95. The zero-order valence-corrected chi connectivity index (χ0v) is 16.7. The molecule has 8 heteroatoms. The third kappa shape index (κ3) is 5.35. The van der Waals surface area contributed by atoms with E-state index in [1.54, 1.807) is 24.3 Å². The number of likely N-dealkylation sites (N-methyl/N-ethyl adjacent to an activating group) is 1. The Bertz CT molecular complexity index is 700. The molecular weight excluding hydrogens is 354 g/mol. The first kappa shape index (κ1) is 20.5. The zero-order valence-electron chi connectivity index (χ0n) is 15.8. The quantitative estimate of drug-likeness (QED) is 0.679. The molecule has 1 aliphatic heterocycles. The SMILES string of the molecule is CCN1CCN(C(=O)CCCN(c2ccccc2OC)S(C)(=O)=O)CC1. The van der Waals surface area contributed by atoms with Crippen LogP contribution in [0.25, 0.3) is 0 Å². The van der Waals surface area contributed by atoms with Crippen LogP contribution in [0.4, 0.5) is 5.69 Å². The van der Waals surface area contributed by atoms with Crippen molar-refractivity contribution in [3.8, 4) is 5.75 Å². The van der Waals surface area contributed by atoms with Crippen molar-refractivity contribution in [3.05, 3.63) is 24.3 Å². The molecule has 2 rings (SSSR count). The number of piperazine rings is 1. The van der Waals surface area contributed by atoms with Crippen molar-refractivity contribution < 1.29 is 17.9 Å². The maximum Gasteiger partial charge on any atom is 0.232 e. The molecule has 1 saturated heterocycles. The molecule has 0 aliphatic carbocycles. The molecule has 0 radical (unpaired) electrons. The van der Waals surface area contributed by atoms with Gasteiger partial charge in [-0.2, -0.15) is 0 Å². The molecule has 1 amide bonds. The Morgan fingerprint density at radius 1 is 1.19 bits per heavy atom. The van der Waals surface area contributed by atoms with Gasteiger partial charge < -0.3 is 14.5 Å². The summed E-state index contributed by atoms with van der Waals surface area (Å²) in [5.74, 6) is 0.592. The predicted molar refractivity (Wildman–Crippen MR) is 103 cm³/mol. The Labute approximate surface area is 156 Å². The lowest BCUT2D eigenvalue weighted by Crippen LogP contribution is -2.48. The van der Waals surface area contributed by atoms with Gasteiger partial charge in [-0.1, -0.05) is 19.1 Å². The van der Waals surface area contributed by atoms with Crippen LogP contribution in [-0.4, -0.2) is 76.8 Å². The second-order valence-electron chi connectivity index (χ2n) is 6.43. The number of para-hydroxylation sites is 2. The first-order valence-electron chi connectivity index (χ1n) is 8.97. The van der Waals surface area contributed by atoms with Gasteiger partial charge in [-0.05, 0) is 25.1 Å². The van der Waals surface area contributed by atoms with E-state index in [0.29, 0.717) is 24.3 Å². The summed E-state index contributed by atoms with van der Waals surface area (Å²) in [5, 5.41) is 0. The van der Waals surface area contributed by atoms with Crippen molar-refractivity contribution in [2.75, 3.05) is 56.9 Å². The normalized spacial score (nSPS) is 15.7. The van der Waals surface area contributed by atoms with E-state index in [1.807, 2.05) is 4.90 Å². The molecule has 1 aromatic rings. The smallest absolute Gasteiger partial charge is 0.232 e. The first-order valence-corrected chi connectivity index (χ1v) is 10.8. The van der Waals surface area contributed by atoms with Crippen LogP contribution in [0.5, 0.6) is 5.75 Å². The molecule has 0 N–H and O–H groups in total. The highest BCUT2D eigenvalue weighted by atomic mass is 32.2. The number of hydrogen-bond acceptors (Lipinski definition) is 5. The fourth-order valence-corrected chi connectivity index (χ4v) is 4.12. The van der Waals surface area contributed by atoms with E-state index in [1.165, 1.54) is 17.7 Å². The Morgan fingerprint density at radius 2 is 1.85 bits per heavy atom. The summed E-state index contributed by atoms with van der Waals surface area (Å²) < 4.78 is 31.0. The topological polar surface area (TPSA) is 70.2 Å². The predicted octanol–water partition coefficient (Wildman–Crippen LogP) is 1.41. The second kappa shape index (κ2) is 9.23. The Hall–Kier alpha value is -1.80. The molecule has 1 heterocycles. The van der Waals surface area contributed by atoms with E-state index in [4.69, 9.17) is 4.74 Å². The number of ether oxygens (including phenoxy) is 1. The highest BCUT2D eigenvalue weighted by Gasteiger charge is 2.23. The third-order valence-corrected chi connectivity index (χ3v) is 5.86. The van der Waals surface area contributed by atoms with Crippen LogP contribution in [-0.2, 0) is 14.8 Å². The number of methoxy groups -OCH3 is 1. The van der Waals surface area contributed by atoms with Crippen LogP contribution in [0.15, 0.2) is 24.3 Å².